The zero-order chi connectivity index (χ0) is 27.0. The Balaban J connectivity index is 2.20. The molecule has 36 heavy (non-hydrogen) atoms. The van der Waals surface area contributed by atoms with E-state index in [0.29, 0.717) is 23.7 Å². The first-order valence-electron chi connectivity index (χ1n) is 12.2. The van der Waals surface area contributed by atoms with Crippen molar-refractivity contribution in [2.75, 3.05) is 23.7 Å². The summed E-state index contributed by atoms with van der Waals surface area (Å²) in [5.41, 5.74) is 3.30. The summed E-state index contributed by atoms with van der Waals surface area (Å²) in [6.45, 7) is 10.4. The van der Waals surface area contributed by atoms with Crippen molar-refractivity contribution < 1.29 is 18.0 Å². The van der Waals surface area contributed by atoms with Crippen LogP contribution < -0.4 is 9.62 Å². The van der Waals surface area contributed by atoms with Gasteiger partial charge in [-0.1, -0.05) is 49.7 Å². The van der Waals surface area contributed by atoms with Crippen molar-refractivity contribution in [3.8, 4) is 0 Å². The molecule has 0 aromatic heterocycles. The lowest BCUT2D eigenvalue weighted by atomic mass is 10.1. The van der Waals surface area contributed by atoms with Crippen LogP contribution in [0.1, 0.15) is 50.3 Å². The maximum absolute atomic E-state index is 13.4. The third-order valence-corrected chi connectivity index (χ3v) is 7.51. The van der Waals surface area contributed by atoms with E-state index in [0.717, 1.165) is 16.7 Å². The molecule has 1 atom stereocenters. The number of aryl methyl sites for hydroxylation is 1. The number of rotatable bonds is 12. The lowest BCUT2D eigenvalue weighted by molar-refractivity contribution is -0.140. The number of sulfonamides is 1. The van der Waals surface area contributed by atoms with Gasteiger partial charge in [0.2, 0.25) is 21.8 Å². The highest BCUT2D eigenvalue weighted by Gasteiger charge is 2.27. The zero-order valence-electron chi connectivity index (χ0n) is 22.0. The number of carbonyl (C=O) groups excluding carboxylic acids is 2. The predicted molar refractivity (Wildman–Crippen MR) is 147 cm³/mol. The lowest BCUT2D eigenvalue weighted by Crippen LogP contribution is -2.48. The molecule has 1 unspecified atom stereocenters. The van der Waals surface area contributed by atoms with Gasteiger partial charge in [0.25, 0.3) is 0 Å². The average molecular weight is 536 g/mol. The molecule has 0 fully saturated rings. The highest BCUT2D eigenvalue weighted by molar-refractivity contribution is 7.92. The Kier molecular flexibility index (Phi) is 10.8. The molecule has 0 saturated carbocycles. The van der Waals surface area contributed by atoms with Crippen LogP contribution in [0.3, 0.4) is 0 Å². The number of carbonyl (C=O) groups is 2. The Bertz CT molecular complexity index is 1170. The molecule has 0 heterocycles. The van der Waals surface area contributed by atoms with E-state index in [-0.39, 0.29) is 37.2 Å². The molecule has 0 saturated heterocycles. The van der Waals surface area contributed by atoms with Gasteiger partial charge in [0.1, 0.15) is 6.04 Å². The van der Waals surface area contributed by atoms with Gasteiger partial charge in [-0.3, -0.25) is 13.9 Å². The van der Waals surface area contributed by atoms with Gasteiger partial charge < -0.3 is 10.2 Å². The molecular weight excluding hydrogens is 498 g/mol. The Morgan fingerprint density at radius 2 is 1.72 bits per heavy atom. The number of hydrogen-bond acceptors (Lipinski definition) is 4. The summed E-state index contributed by atoms with van der Waals surface area (Å²) in [5, 5.41) is 3.45. The van der Waals surface area contributed by atoms with Crippen molar-refractivity contribution in [1.82, 2.24) is 10.2 Å². The molecule has 2 aromatic rings. The largest absolute Gasteiger partial charge is 0.354 e. The molecular formula is C27H38ClN3O4S. The highest BCUT2D eigenvalue weighted by Crippen LogP contribution is 2.25. The lowest BCUT2D eigenvalue weighted by Gasteiger charge is -2.30. The Labute approximate surface area is 220 Å². The van der Waals surface area contributed by atoms with Crippen molar-refractivity contribution >= 4 is 39.1 Å². The van der Waals surface area contributed by atoms with Crippen LogP contribution in [-0.4, -0.2) is 50.5 Å². The second-order valence-electron chi connectivity index (χ2n) is 9.62. The van der Waals surface area contributed by atoms with Crippen molar-refractivity contribution in [3.05, 3.63) is 64.2 Å². The summed E-state index contributed by atoms with van der Waals surface area (Å²) < 4.78 is 26.5. The van der Waals surface area contributed by atoms with E-state index < -0.39 is 16.1 Å². The van der Waals surface area contributed by atoms with Gasteiger partial charge in [-0.15, -0.1) is 0 Å². The summed E-state index contributed by atoms with van der Waals surface area (Å²) in [6, 6.07) is 12.0. The predicted octanol–water partition coefficient (Wildman–Crippen LogP) is 4.69. The first kappa shape index (κ1) is 29.6. The quantitative estimate of drug-likeness (QED) is 0.427. The molecule has 2 amide bonds. The number of nitrogens with zero attached hydrogens (tertiary/aromatic N) is 2. The van der Waals surface area contributed by atoms with Gasteiger partial charge in [-0.05, 0) is 68.0 Å². The van der Waals surface area contributed by atoms with E-state index >= 15 is 0 Å². The number of anilines is 1. The number of amides is 2. The number of nitrogens with one attached hydrogen (secondary N) is 1. The van der Waals surface area contributed by atoms with Gasteiger partial charge in [-0.25, -0.2) is 8.42 Å². The Hall–Kier alpha value is -2.58. The number of hydrogen-bond donors (Lipinski definition) is 1. The van der Waals surface area contributed by atoms with Crippen LogP contribution in [0.15, 0.2) is 42.5 Å². The molecule has 0 bridgehead atoms. The van der Waals surface area contributed by atoms with Gasteiger partial charge in [-0.2, -0.15) is 0 Å². The minimum atomic E-state index is -3.54. The second kappa shape index (κ2) is 13.1. The number of benzene rings is 2. The maximum atomic E-state index is 13.4. The summed E-state index contributed by atoms with van der Waals surface area (Å²) in [4.78, 5) is 27.7. The minimum Gasteiger partial charge on any atom is -0.354 e. The third kappa shape index (κ3) is 8.52. The van der Waals surface area contributed by atoms with Crippen LogP contribution in [0, 0.1) is 19.8 Å². The number of halogens is 1. The van der Waals surface area contributed by atoms with Crippen LogP contribution in [0.25, 0.3) is 0 Å². The average Bonchev–Trinajstić information content (AvgIpc) is 2.79. The standard InChI is InChI=1S/C27H38ClN3O4S/c1-19(2)17-29-27(33)22(5)30(18-23-11-8-12-24(28)16-23)26(32)14-9-15-31(36(6,34)35)25-13-7-10-20(3)21(25)4/h7-8,10-13,16,19,22H,9,14-15,17-18H2,1-6H3,(H,29,33). The molecule has 198 valence electrons. The monoisotopic (exact) mass is 535 g/mol. The Morgan fingerprint density at radius 1 is 1.06 bits per heavy atom. The maximum Gasteiger partial charge on any atom is 0.242 e. The van der Waals surface area contributed by atoms with E-state index in [2.05, 4.69) is 5.32 Å². The van der Waals surface area contributed by atoms with Crippen LogP contribution in [0.2, 0.25) is 5.02 Å². The smallest absolute Gasteiger partial charge is 0.242 e. The normalized spacial score (nSPS) is 12.3. The molecule has 1 N–H and O–H groups in total. The van der Waals surface area contributed by atoms with Crippen molar-refractivity contribution in [2.45, 2.75) is 60.0 Å². The first-order valence-corrected chi connectivity index (χ1v) is 14.4. The topological polar surface area (TPSA) is 86.8 Å². The van der Waals surface area contributed by atoms with Crippen molar-refractivity contribution in [3.63, 3.8) is 0 Å². The molecule has 2 rings (SSSR count). The van der Waals surface area contributed by atoms with Crippen LogP contribution >= 0.6 is 11.6 Å². The molecule has 0 radical (unpaired) electrons. The fourth-order valence-corrected chi connectivity index (χ4v) is 5.08. The Morgan fingerprint density at radius 3 is 2.33 bits per heavy atom. The molecule has 0 aliphatic heterocycles. The van der Waals surface area contributed by atoms with E-state index in [4.69, 9.17) is 11.6 Å². The van der Waals surface area contributed by atoms with Crippen molar-refractivity contribution in [2.24, 2.45) is 5.92 Å². The third-order valence-electron chi connectivity index (χ3n) is 6.09. The van der Waals surface area contributed by atoms with Gasteiger partial charge in [0.15, 0.2) is 0 Å². The molecule has 0 aliphatic carbocycles. The minimum absolute atomic E-state index is 0.0965. The SMILES string of the molecule is Cc1cccc(N(CCCC(=O)N(Cc2cccc(Cl)c2)C(C)C(=O)NCC(C)C)S(C)(=O)=O)c1C. The van der Waals surface area contributed by atoms with Gasteiger partial charge in [0.05, 0.1) is 11.9 Å². The zero-order valence-corrected chi connectivity index (χ0v) is 23.6. The van der Waals surface area contributed by atoms with Crippen LogP contribution in [-0.2, 0) is 26.2 Å². The fraction of sp³-hybridized carbons (Fsp3) is 0.481. The van der Waals surface area contributed by atoms with Crippen molar-refractivity contribution in [1.29, 1.82) is 0 Å². The van der Waals surface area contributed by atoms with E-state index in [1.807, 2.05) is 45.9 Å². The van der Waals surface area contributed by atoms with Crippen LogP contribution in [0.4, 0.5) is 5.69 Å². The first-order chi connectivity index (χ1) is 16.8. The molecule has 9 heteroatoms. The summed E-state index contributed by atoms with van der Waals surface area (Å²) in [7, 11) is -3.54. The second-order valence-corrected chi connectivity index (χ2v) is 12.0. The van der Waals surface area contributed by atoms with Crippen LogP contribution in [0.5, 0.6) is 0 Å². The van der Waals surface area contributed by atoms with E-state index in [1.54, 1.807) is 31.2 Å². The summed E-state index contributed by atoms with van der Waals surface area (Å²) in [5.74, 6) is -0.172. The molecule has 2 aromatic carbocycles. The summed E-state index contributed by atoms with van der Waals surface area (Å²) in [6.07, 6.45) is 1.58. The molecule has 7 nitrogen and oxygen atoms in total. The van der Waals surface area contributed by atoms with Gasteiger partial charge >= 0.3 is 0 Å². The molecule has 0 aliphatic rings. The molecule has 0 spiro atoms. The fourth-order valence-electron chi connectivity index (χ4n) is 3.86. The van der Waals surface area contributed by atoms with Gasteiger partial charge in [0, 0.05) is 31.1 Å². The van der Waals surface area contributed by atoms with E-state index in [1.165, 1.54) is 15.5 Å². The van der Waals surface area contributed by atoms with E-state index in [9.17, 15) is 18.0 Å². The highest BCUT2D eigenvalue weighted by atomic mass is 35.5. The summed E-state index contributed by atoms with van der Waals surface area (Å²) >= 11 is 6.13.